The number of rotatable bonds is 9. The van der Waals surface area contributed by atoms with Crippen molar-refractivity contribution in [3.63, 3.8) is 0 Å². The number of barbiturate groups is 1. The molecule has 0 aliphatic carbocycles. The Morgan fingerprint density at radius 1 is 1.19 bits per heavy atom. The normalized spacial score (nSPS) is 17.7. The molecule has 1 N–H and O–H groups in total. The molecule has 0 radical (unpaired) electrons. The molecule has 0 spiro atoms. The summed E-state index contributed by atoms with van der Waals surface area (Å²) in [6.45, 7) is 7.58. The second kappa shape index (κ2) is 9.82. The first kappa shape index (κ1) is 20.6. The average molecular weight is 374 g/mol. The summed E-state index contributed by atoms with van der Waals surface area (Å²) >= 11 is 0. The number of imide groups is 2. The summed E-state index contributed by atoms with van der Waals surface area (Å²) in [5.41, 5.74) is 0.366. The highest BCUT2D eigenvalue weighted by Crippen LogP contribution is 2.23. The van der Waals surface area contributed by atoms with Crippen LogP contribution >= 0.6 is 0 Å². The van der Waals surface area contributed by atoms with Gasteiger partial charge in [-0.15, -0.1) is 0 Å². The molecule has 8 heteroatoms. The zero-order valence-corrected chi connectivity index (χ0v) is 16.0. The molecule has 1 heterocycles. The van der Waals surface area contributed by atoms with Gasteiger partial charge in [-0.25, -0.2) is 9.69 Å². The lowest BCUT2D eigenvalue weighted by Gasteiger charge is -2.28. The lowest BCUT2D eigenvalue weighted by Crippen LogP contribution is -2.58. The molecule has 146 valence electrons. The van der Waals surface area contributed by atoms with E-state index in [2.05, 4.69) is 29.1 Å². The second-order valence-corrected chi connectivity index (χ2v) is 6.08. The molecule has 2 rings (SSSR count). The van der Waals surface area contributed by atoms with E-state index in [1.54, 1.807) is 24.3 Å². The van der Waals surface area contributed by atoms with Crippen molar-refractivity contribution in [3.8, 4) is 5.75 Å². The summed E-state index contributed by atoms with van der Waals surface area (Å²) in [6, 6.07) is 5.70. The van der Waals surface area contributed by atoms with E-state index in [-0.39, 0.29) is 0 Å². The molecule has 0 aromatic heterocycles. The molecule has 1 aliphatic rings. The van der Waals surface area contributed by atoms with E-state index in [0.717, 1.165) is 31.0 Å². The minimum atomic E-state index is -1.11. The average Bonchev–Trinajstić information content (AvgIpc) is 2.67. The number of nitrogens with zero attached hydrogens (tertiary/aromatic N) is 3. The van der Waals surface area contributed by atoms with Crippen LogP contribution in [0.4, 0.5) is 10.5 Å². The predicted molar refractivity (Wildman–Crippen MR) is 103 cm³/mol. The molecule has 1 saturated heterocycles. The number of hydrogen-bond donors (Lipinski definition) is 1. The molecule has 8 nitrogen and oxygen atoms in total. The molecule has 1 aliphatic heterocycles. The van der Waals surface area contributed by atoms with Gasteiger partial charge in [-0.2, -0.15) is 0 Å². The van der Waals surface area contributed by atoms with E-state index in [4.69, 9.17) is 4.74 Å². The third kappa shape index (κ3) is 5.13. The van der Waals surface area contributed by atoms with Crippen molar-refractivity contribution >= 4 is 29.7 Å². The topological polar surface area (TPSA) is 91.3 Å². The lowest BCUT2D eigenvalue weighted by molar-refractivity contribution is -0.131. The Morgan fingerprint density at radius 3 is 2.44 bits per heavy atom. The van der Waals surface area contributed by atoms with E-state index in [1.807, 2.05) is 0 Å². The van der Waals surface area contributed by atoms with Crippen LogP contribution in [0.2, 0.25) is 0 Å². The Labute approximate surface area is 159 Å². The number of amides is 4. The quantitative estimate of drug-likeness (QED) is 0.404. The summed E-state index contributed by atoms with van der Waals surface area (Å²) < 4.78 is 5.07. The Balaban J connectivity index is 2.03. The summed E-state index contributed by atoms with van der Waals surface area (Å²) in [7, 11) is 1.53. The number of ether oxygens (including phenoxy) is 1. The van der Waals surface area contributed by atoms with Crippen LogP contribution in [0.3, 0.4) is 0 Å². The molecule has 4 amide bonds. The number of carbonyl (C=O) groups excluding carboxylic acids is 3. The Hall–Kier alpha value is -2.74. The van der Waals surface area contributed by atoms with Crippen molar-refractivity contribution in [3.05, 3.63) is 24.3 Å². The first-order valence-electron chi connectivity index (χ1n) is 9.06. The van der Waals surface area contributed by atoms with Crippen LogP contribution in [-0.2, 0) is 9.59 Å². The highest BCUT2D eigenvalue weighted by molar-refractivity contribution is 6.32. The fourth-order valence-electron chi connectivity index (χ4n) is 2.80. The van der Waals surface area contributed by atoms with Gasteiger partial charge < -0.3 is 9.64 Å². The van der Waals surface area contributed by atoms with E-state index in [0.29, 0.717) is 18.0 Å². The molecule has 1 aromatic carbocycles. The van der Waals surface area contributed by atoms with Gasteiger partial charge in [-0.3, -0.25) is 19.9 Å². The lowest BCUT2D eigenvalue weighted by atomic mass is 10.1. The van der Waals surface area contributed by atoms with Crippen molar-refractivity contribution in [1.82, 2.24) is 10.2 Å². The van der Waals surface area contributed by atoms with Crippen LogP contribution in [0.25, 0.3) is 0 Å². The molecule has 1 atom stereocenters. The maximum atomic E-state index is 12.7. The molecule has 1 unspecified atom stereocenters. The number of anilines is 1. The van der Waals surface area contributed by atoms with Crippen LogP contribution in [0, 0.1) is 5.92 Å². The van der Waals surface area contributed by atoms with Crippen LogP contribution < -0.4 is 15.0 Å². The highest BCUT2D eigenvalue weighted by atomic mass is 16.5. The van der Waals surface area contributed by atoms with Crippen LogP contribution in [0.1, 0.15) is 20.3 Å². The number of benzene rings is 1. The maximum absolute atomic E-state index is 12.7. The number of methoxy groups -OCH3 is 1. The molecular weight excluding hydrogens is 348 g/mol. The Morgan fingerprint density at radius 2 is 1.85 bits per heavy atom. The number of hydrogen-bond acceptors (Lipinski definition) is 6. The van der Waals surface area contributed by atoms with Crippen LogP contribution in [0.5, 0.6) is 5.75 Å². The number of nitrogens with one attached hydrogen (secondary N) is 1. The summed E-state index contributed by atoms with van der Waals surface area (Å²) in [5, 5.41) is 2.21. The van der Waals surface area contributed by atoms with Gasteiger partial charge in [0.15, 0.2) is 5.92 Å². The molecule has 0 bridgehead atoms. The second-order valence-electron chi connectivity index (χ2n) is 6.08. The molecule has 1 fully saturated rings. The van der Waals surface area contributed by atoms with Crippen molar-refractivity contribution < 1.29 is 19.1 Å². The predicted octanol–water partition coefficient (Wildman–Crippen LogP) is 1.70. The summed E-state index contributed by atoms with van der Waals surface area (Å²) in [5.74, 6) is -1.77. The van der Waals surface area contributed by atoms with Gasteiger partial charge in [0, 0.05) is 12.8 Å². The smallest absolute Gasteiger partial charge is 0.335 e. The third-order valence-electron chi connectivity index (χ3n) is 4.44. The SMILES string of the molecule is CCN(CC)CCCN=CC1C(=O)NC(=O)N(c2ccc(OC)cc2)C1=O. The van der Waals surface area contributed by atoms with Gasteiger partial charge in [0.1, 0.15) is 5.75 Å². The molecular formula is C19H26N4O4. The summed E-state index contributed by atoms with van der Waals surface area (Å²) in [6.07, 6.45) is 2.17. The standard InChI is InChI=1S/C19H26N4O4/c1-4-22(5-2)12-6-11-20-13-16-17(24)21-19(26)23(18(16)25)14-7-9-15(27-3)10-8-14/h7-10,13,16H,4-6,11-12H2,1-3H3,(H,21,24,26). The van der Waals surface area contributed by atoms with Gasteiger partial charge in [-0.1, -0.05) is 13.8 Å². The molecule has 1 aromatic rings. The maximum Gasteiger partial charge on any atom is 0.335 e. The first-order valence-corrected chi connectivity index (χ1v) is 9.06. The van der Waals surface area contributed by atoms with Crippen molar-refractivity contribution in [2.75, 3.05) is 38.2 Å². The number of urea groups is 1. The highest BCUT2D eigenvalue weighted by Gasteiger charge is 2.40. The van der Waals surface area contributed by atoms with Crippen molar-refractivity contribution in [1.29, 1.82) is 0 Å². The monoisotopic (exact) mass is 374 g/mol. The van der Waals surface area contributed by atoms with Gasteiger partial charge in [0.2, 0.25) is 5.91 Å². The molecule has 0 saturated carbocycles. The summed E-state index contributed by atoms with van der Waals surface area (Å²) in [4.78, 5) is 44.3. The number of aliphatic imine (C=N–C) groups is 1. The van der Waals surface area contributed by atoms with Crippen LogP contribution in [0.15, 0.2) is 29.3 Å². The zero-order chi connectivity index (χ0) is 19.8. The van der Waals surface area contributed by atoms with E-state index >= 15 is 0 Å². The van der Waals surface area contributed by atoms with E-state index in [9.17, 15) is 14.4 Å². The van der Waals surface area contributed by atoms with Crippen molar-refractivity contribution in [2.45, 2.75) is 20.3 Å². The van der Waals surface area contributed by atoms with Crippen LogP contribution in [-0.4, -0.2) is 62.2 Å². The van der Waals surface area contributed by atoms with E-state index < -0.39 is 23.8 Å². The Bertz CT molecular complexity index is 698. The van der Waals surface area contributed by atoms with Gasteiger partial charge in [0.25, 0.3) is 5.91 Å². The minimum absolute atomic E-state index is 0.366. The van der Waals surface area contributed by atoms with E-state index in [1.165, 1.54) is 13.3 Å². The third-order valence-corrected chi connectivity index (χ3v) is 4.44. The fraction of sp³-hybridized carbons (Fsp3) is 0.474. The molecule has 27 heavy (non-hydrogen) atoms. The minimum Gasteiger partial charge on any atom is -0.497 e. The van der Waals surface area contributed by atoms with Gasteiger partial charge >= 0.3 is 6.03 Å². The van der Waals surface area contributed by atoms with Gasteiger partial charge in [-0.05, 0) is 50.3 Å². The van der Waals surface area contributed by atoms with Gasteiger partial charge in [0.05, 0.1) is 12.8 Å². The Kier molecular flexibility index (Phi) is 7.48. The van der Waals surface area contributed by atoms with Crippen molar-refractivity contribution in [2.24, 2.45) is 10.9 Å². The largest absolute Gasteiger partial charge is 0.497 e. The zero-order valence-electron chi connectivity index (χ0n) is 16.0. The number of carbonyl (C=O) groups is 3. The first-order chi connectivity index (χ1) is 13.0. The fourth-order valence-corrected chi connectivity index (χ4v) is 2.80.